The SMILES string of the molecule is C=C(c1ccccc1)c1ccc2c(c1)c1ccccc1n2CC(CC)CC. The van der Waals surface area contributed by atoms with Crippen LogP contribution < -0.4 is 0 Å². The summed E-state index contributed by atoms with van der Waals surface area (Å²) in [6, 6.07) is 26.0. The molecule has 1 aromatic heterocycles. The van der Waals surface area contributed by atoms with Gasteiger partial charge in [-0.15, -0.1) is 0 Å². The lowest BCUT2D eigenvalue weighted by atomic mass is 9.98. The van der Waals surface area contributed by atoms with Gasteiger partial charge in [0.1, 0.15) is 0 Å². The number of aromatic nitrogens is 1. The van der Waals surface area contributed by atoms with Gasteiger partial charge in [-0.3, -0.25) is 0 Å². The van der Waals surface area contributed by atoms with E-state index < -0.39 is 0 Å². The molecule has 0 bridgehead atoms. The molecule has 1 nitrogen and oxygen atoms in total. The minimum atomic E-state index is 0.711. The van der Waals surface area contributed by atoms with Gasteiger partial charge in [0.25, 0.3) is 0 Å². The summed E-state index contributed by atoms with van der Waals surface area (Å²) in [6.45, 7) is 10.0. The topological polar surface area (TPSA) is 4.93 Å². The molecule has 0 aliphatic heterocycles. The normalized spacial score (nSPS) is 11.5. The minimum Gasteiger partial charge on any atom is -0.340 e. The van der Waals surface area contributed by atoms with Crippen LogP contribution in [0.15, 0.2) is 79.4 Å². The molecule has 1 heteroatoms. The van der Waals surface area contributed by atoms with Gasteiger partial charge in [0, 0.05) is 28.4 Å². The summed E-state index contributed by atoms with van der Waals surface area (Å²) >= 11 is 0. The molecule has 0 saturated carbocycles. The van der Waals surface area contributed by atoms with Crippen LogP contribution in [0.1, 0.15) is 37.8 Å². The summed E-state index contributed by atoms with van der Waals surface area (Å²) in [7, 11) is 0. The van der Waals surface area contributed by atoms with Gasteiger partial charge in [0.15, 0.2) is 0 Å². The van der Waals surface area contributed by atoms with Crippen molar-refractivity contribution < 1.29 is 0 Å². The van der Waals surface area contributed by atoms with E-state index in [1.54, 1.807) is 0 Å². The third-order valence-electron chi connectivity index (χ3n) is 5.84. The van der Waals surface area contributed by atoms with Crippen LogP contribution in [0.5, 0.6) is 0 Å². The second-order valence-corrected chi connectivity index (χ2v) is 7.39. The lowest BCUT2D eigenvalue weighted by Gasteiger charge is -2.16. The Labute approximate surface area is 162 Å². The molecule has 0 fully saturated rings. The van der Waals surface area contributed by atoms with Crippen molar-refractivity contribution in [2.24, 2.45) is 5.92 Å². The Morgan fingerprint density at radius 1 is 0.778 bits per heavy atom. The first-order chi connectivity index (χ1) is 13.2. The monoisotopic (exact) mass is 353 g/mol. The predicted octanol–water partition coefficient (Wildman–Crippen LogP) is 7.29. The van der Waals surface area contributed by atoms with E-state index in [1.165, 1.54) is 45.8 Å². The summed E-state index contributed by atoms with van der Waals surface area (Å²) in [6.07, 6.45) is 2.43. The molecule has 0 saturated heterocycles. The van der Waals surface area contributed by atoms with Crippen molar-refractivity contribution in [2.75, 3.05) is 0 Å². The number of hydrogen-bond acceptors (Lipinski definition) is 0. The van der Waals surface area contributed by atoms with Crippen LogP contribution in [0, 0.1) is 5.92 Å². The fourth-order valence-corrected chi connectivity index (χ4v) is 4.05. The fourth-order valence-electron chi connectivity index (χ4n) is 4.05. The smallest absolute Gasteiger partial charge is 0.0491 e. The average Bonchev–Trinajstić information content (AvgIpc) is 3.05. The first-order valence-corrected chi connectivity index (χ1v) is 9.98. The second kappa shape index (κ2) is 7.44. The molecule has 0 atom stereocenters. The summed E-state index contributed by atoms with van der Waals surface area (Å²) in [5.41, 5.74) is 6.11. The van der Waals surface area contributed by atoms with E-state index in [0.717, 1.165) is 12.1 Å². The molecule has 0 aliphatic rings. The molecule has 0 radical (unpaired) electrons. The quantitative estimate of drug-likeness (QED) is 0.343. The van der Waals surface area contributed by atoms with Crippen LogP contribution >= 0.6 is 0 Å². The molecule has 0 N–H and O–H groups in total. The third-order valence-corrected chi connectivity index (χ3v) is 5.84. The maximum Gasteiger partial charge on any atom is 0.0491 e. The predicted molar refractivity (Wildman–Crippen MR) is 118 cm³/mol. The van der Waals surface area contributed by atoms with E-state index in [4.69, 9.17) is 0 Å². The molecule has 27 heavy (non-hydrogen) atoms. The van der Waals surface area contributed by atoms with Gasteiger partial charge in [-0.25, -0.2) is 0 Å². The Kier molecular flexibility index (Phi) is 4.85. The van der Waals surface area contributed by atoms with E-state index in [-0.39, 0.29) is 0 Å². The van der Waals surface area contributed by atoms with Gasteiger partial charge in [0.2, 0.25) is 0 Å². The molecule has 0 aliphatic carbocycles. The van der Waals surface area contributed by atoms with Crippen LogP contribution in [-0.2, 0) is 6.54 Å². The first-order valence-electron chi connectivity index (χ1n) is 9.98. The molecular weight excluding hydrogens is 326 g/mol. The summed E-state index contributed by atoms with van der Waals surface area (Å²) in [4.78, 5) is 0. The molecule has 4 rings (SSSR count). The van der Waals surface area contributed by atoms with Crippen molar-refractivity contribution in [3.05, 3.63) is 90.5 Å². The largest absolute Gasteiger partial charge is 0.340 e. The first kappa shape index (κ1) is 17.6. The highest BCUT2D eigenvalue weighted by Crippen LogP contribution is 2.33. The average molecular weight is 354 g/mol. The van der Waals surface area contributed by atoms with Crippen molar-refractivity contribution in [1.29, 1.82) is 0 Å². The molecule has 0 spiro atoms. The molecule has 0 amide bonds. The number of hydrogen-bond donors (Lipinski definition) is 0. The van der Waals surface area contributed by atoms with Crippen molar-refractivity contribution in [1.82, 2.24) is 4.57 Å². The zero-order valence-electron chi connectivity index (χ0n) is 16.3. The number of benzene rings is 3. The van der Waals surface area contributed by atoms with Gasteiger partial charge in [0.05, 0.1) is 0 Å². The molecule has 0 unspecified atom stereocenters. The standard InChI is InChI=1S/C26H27N/c1-4-20(5-2)18-27-25-14-10-9-13-23(25)24-17-22(15-16-26(24)27)19(3)21-11-7-6-8-12-21/h6-17,20H,3-5,18H2,1-2H3. The summed E-state index contributed by atoms with van der Waals surface area (Å²) in [5.74, 6) is 0.711. The maximum absolute atomic E-state index is 4.36. The van der Waals surface area contributed by atoms with Gasteiger partial charge in [-0.2, -0.15) is 0 Å². The van der Waals surface area contributed by atoms with Gasteiger partial charge < -0.3 is 4.57 Å². The zero-order valence-corrected chi connectivity index (χ0v) is 16.3. The maximum atomic E-state index is 4.36. The summed E-state index contributed by atoms with van der Waals surface area (Å²) < 4.78 is 2.51. The molecule has 136 valence electrons. The van der Waals surface area contributed by atoms with Gasteiger partial charge >= 0.3 is 0 Å². The minimum absolute atomic E-state index is 0.711. The lowest BCUT2D eigenvalue weighted by molar-refractivity contribution is 0.431. The van der Waals surface area contributed by atoms with Crippen LogP contribution in [0.25, 0.3) is 27.4 Å². The third kappa shape index (κ3) is 3.19. The lowest BCUT2D eigenvalue weighted by Crippen LogP contribution is -2.08. The number of para-hydroxylation sites is 1. The summed E-state index contributed by atoms with van der Waals surface area (Å²) in [5, 5.41) is 2.66. The van der Waals surface area contributed by atoms with Crippen molar-refractivity contribution in [3.63, 3.8) is 0 Å². The zero-order chi connectivity index (χ0) is 18.8. The fraction of sp³-hybridized carbons (Fsp3) is 0.231. The van der Waals surface area contributed by atoms with Crippen molar-refractivity contribution in [2.45, 2.75) is 33.2 Å². The van der Waals surface area contributed by atoms with E-state index in [2.05, 4.69) is 91.7 Å². The van der Waals surface area contributed by atoms with E-state index in [0.29, 0.717) is 5.92 Å². The second-order valence-electron chi connectivity index (χ2n) is 7.39. The van der Waals surface area contributed by atoms with Crippen LogP contribution in [-0.4, -0.2) is 4.57 Å². The number of nitrogens with zero attached hydrogens (tertiary/aromatic N) is 1. The molecular formula is C26H27N. The number of fused-ring (bicyclic) bond motifs is 3. The van der Waals surface area contributed by atoms with Crippen molar-refractivity contribution in [3.8, 4) is 0 Å². The van der Waals surface area contributed by atoms with Crippen LogP contribution in [0.2, 0.25) is 0 Å². The Bertz CT molecular complexity index is 1080. The van der Waals surface area contributed by atoms with Gasteiger partial charge in [-0.05, 0) is 40.8 Å². The van der Waals surface area contributed by atoms with Crippen LogP contribution in [0.3, 0.4) is 0 Å². The Morgan fingerprint density at radius 3 is 2.19 bits per heavy atom. The molecule has 4 aromatic rings. The Morgan fingerprint density at radius 2 is 1.44 bits per heavy atom. The molecule has 3 aromatic carbocycles. The highest BCUT2D eigenvalue weighted by molar-refractivity contribution is 6.09. The highest BCUT2D eigenvalue weighted by Gasteiger charge is 2.14. The van der Waals surface area contributed by atoms with E-state index in [9.17, 15) is 0 Å². The van der Waals surface area contributed by atoms with Gasteiger partial charge in [-0.1, -0.05) is 87.9 Å². The highest BCUT2D eigenvalue weighted by atomic mass is 15.0. The van der Waals surface area contributed by atoms with Crippen molar-refractivity contribution >= 4 is 27.4 Å². The Balaban J connectivity index is 1.87. The van der Waals surface area contributed by atoms with Crippen LogP contribution in [0.4, 0.5) is 0 Å². The van der Waals surface area contributed by atoms with E-state index in [1.807, 2.05) is 6.07 Å². The Hall–Kier alpha value is -2.80. The van der Waals surface area contributed by atoms with E-state index >= 15 is 0 Å². The molecule has 1 heterocycles. The number of rotatable bonds is 6.